The van der Waals surface area contributed by atoms with Crippen LogP contribution in [0, 0.1) is 0 Å². The first kappa shape index (κ1) is 13.9. The van der Waals surface area contributed by atoms with E-state index in [-0.39, 0.29) is 11.8 Å². The summed E-state index contributed by atoms with van der Waals surface area (Å²) in [5.41, 5.74) is 0.930. The molecule has 3 amide bonds. The van der Waals surface area contributed by atoms with Crippen molar-refractivity contribution in [1.82, 2.24) is 10.6 Å². The lowest BCUT2D eigenvalue weighted by atomic mass is 10.1. The van der Waals surface area contributed by atoms with Gasteiger partial charge in [0.15, 0.2) is 11.5 Å². The number of hydrogen-bond donors (Lipinski definition) is 2. The molecule has 0 bridgehead atoms. The van der Waals surface area contributed by atoms with Crippen LogP contribution >= 0.6 is 0 Å². The summed E-state index contributed by atoms with van der Waals surface area (Å²) in [5.74, 6) is 0.749. The topological polar surface area (TPSA) is 76.7 Å². The van der Waals surface area contributed by atoms with Crippen LogP contribution in [-0.4, -0.2) is 25.2 Å². The molecule has 6 nitrogen and oxygen atoms in total. The maximum Gasteiger partial charge on any atom is 0.326 e. The normalized spacial score (nSPS) is 16.3. The van der Waals surface area contributed by atoms with Crippen LogP contribution in [0.25, 0.3) is 6.08 Å². The van der Waals surface area contributed by atoms with Crippen LogP contribution in [0.2, 0.25) is 0 Å². The van der Waals surface area contributed by atoms with Gasteiger partial charge in [0, 0.05) is 0 Å². The number of imide groups is 1. The Morgan fingerprint density at radius 2 is 1.90 bits per heavy atom. The Bertz CT molecular complexity index is 579. The van der Waals surface area contributed by atoms with E-state index in [1.54, 1.807) is 31.4 Å². The third-order valence-electron chi connectivity index (χ3n) is 2.58. The zero-order chi connectivity index (χ0) is 14.7. The molecule has 0 aliphatic carbocycles. The average Bonchev–Trinajstić information content (AvgIpc) is 2.69. The standard InChI is InChI=1S/C14H16N2O4/c1-8(2)20-11-5-4-9(7-12(11)19-3)6-10-13(17)16-14(18)15-10/h4-8H,1-3H3,(H2,15,16,17,18). The lowest BCUT2D eigenvalue weighted by Crippen LogP contribution is -2.22. The number of rotatable bonds is 4. The van der Waals surface area contributed by atoms with Crippen molar-refractivity contribution in [1.29, 1.82) is 0 Å². The molecule has 6 heteroatoms. The Hall–Kier alpha value is -2.50. The Labute approximate surface area is 116 Å². The van der Waals surface area contributed by atoms with Crippen molar-refractivity contribution in [2.45, 2.75) is 20.0 Å². The summed E-state index contributed by atoms with van der Waals surface area (Å²) < 4.78 is 10.9. The molecule has 1 saturated heterocycles. The molecule has 1 heterocycles. The highest BCUT2D eigenvalue weighted by Crippen LogP contribution is 2.29. The highest BCUT2D eigenvalue weighted by Gasteiger charge is 2.22. The third-order valence-corrected chi connectivity index (χ3v) is 2.58. The van der Waals surface area contributed by atoms with Crippen LogP contribution in [0.1, 0.15) is 19.4 Å². The number of amides is 3. The first-order valence-corrected chi connectivity index (χ1v) is 6.18. The molecular weight excluding hydrogens is 260 g/mol. The van der Waals surface area contributed by atoms with Crippen molar-refractivity contribution >= 4 is 18.0 Å². The molecule has 1 aromatic carbocycles. The Kier molecular flexibility index (Phi) is 3.93. The summed E-state index contributed by atoms with van der Waals surface area (Å²) in [4.78, 5) is 22.5. The summed E-state index contributed by atoms with van der Waals surface area (Å²) in [5, 5.41) is 4.57. The minimum Gasteiger partial charge on any atom is -0.493 e. The molecule has 1 fully saturated rings. The molecule has 0 atom stereocenters. The first-order valence-electron chi connectivity index (χ1n) is 6.18. The maximum atomic E-state index is 11.4. The van der Waals surface area contributed by atoms with Crippen LogP contribution in [0.15, 0.2) is 23.9 Å². The van der Waals surface area contributed by atoms with Crippen molar-refractivity contribution in [3.63, 3.8) is 0 Å². The number of ether oxygens (including phenoxy) is 2. The van der Waals surface area contributed by atoms with Crippen molar-refractivity contribution in [2.24, 2.45) is 0 Å². The van der Waals surface area contributed by atoms with Gasteiger partial charge in [0.25, 0.3) is 5.91 Å². The van der Waals surface area contributed by atoms with Gasteiger partial charge in [0.2, 0.25) is 0 Å². The second-order valence-corrected chi connectivity index (χ2v) is 4.54. The van der Waals surface area contributed by atoms with Gasteiger partial charge in [-0.15, -0.1) is 0 Å². The number of nitrogens with one attached hydrogen (secondary N) is 2. The van der Waals surface area contributed by atoms with Gasteiger partial charge in [0.05, 0.1) is 13.2 Å². The highest BCUT2D eigenvalue weighted by atomic mass is 16.5. The monoisotopic (exact) mass is 276 g/mol. The lowest BCUT2D eigenvalue weighted by Gasteiger charge is -2.13. The van der Waals surface area contributed by atoms with Crippen LogP contribution in [-0.2, 0) is 4.79 Å². The lowest BCUT2D eigenvalue weighted by molar-refractivity contribution is -0.115. The molecule has 2 rings (SSSR count). The van der Waals surface area contributed by atoms with Crippen molar-refractivity contribution in [3.05, 3.63) is 29.5 Å². The number of hydrogen-bond acceptors (Lipinski definition) is 4. The van der Waals surface area contributed by atoms with Gasteiger partial charge >= 0.3 is 6.03 Å². The predicted octanol–water partition coefficient (Wildman–Crippen LogP) is 1.66. The maximum absolute atomic E-state index is 11.4. The fourth-order valence-electron chi connectivity index (χ4n) is 1.77. The zero-order valence-electron chi connectivity index (χ0n) is 11.5. The van der Waals surface area contributed by atoms with Crippen LogP contribution in [0.3, 0.4) is 0 Å². The highest BCUT2D eigenvalue weighted by molar-refractivity contribution is 6.13. The molecule has 0 aromatic heterocycles. The fourth-order valence-corrected chi connectivity index (χ4v) is 1.77. The van der Waals surface area contributed by atoms with E-state index in [4.69, 9.17) is 9.47 Å². The quantitative estimate of drug-likeness (QED) is 0.647. The van der Waals surface area contributed by atoms with Gasteiger partial charge in [-0.05, 0) is 37.6 Å². The molecule has 106 valence electrons. The second kappa shape index (κ2) is 5.64. The number of carbonyl (C=O) groups is 2. The smallest absolute Gasteiger partial charge is 0.326 e. The van der Waals surface area contributed by atoms with Crippen LogP contribution < -0.4 is 20.1 Å². The molecule has 0 unspecified atom stereocenters. The van der Waals surface area contributed by atoms with Gasteiger partial charge in [0.1, 0.15) is 5.70 Å². The summed E-state index contributed by atoms with van der Waals surface area (Å²) in [7, 11) is 1.55. The van der Waals surface area contributed by atoms with Gasteiger partial charge < -0.3 is 14.8 Å². The molecule has 0 spiro atoms. The molecular formula is C14H16N2O4. The predicted molar refractivity (Wildman–Crippen MR) is 73.4 cm³/mol. The van der Waals surface area contributed by atoms with Gasteiger partial charge in [-0.25, -0.2) is 4.79 Å². The number of benzene rings is 1. The Morgan fingerprint density at radius 3 is 2.45 bits per heavy atom. The van der Waals surface area contributed by atoms with Crippen LogP contribution in [0.4, 0.5) is 4.79 Å². The van der Waals surface area contributed by atoms with E-state index in [1.165, 1.54) is 0 Å². The average molecular weight is 276 g/mol. The zero-order valence-corrected chi connectivity index (χ0v) is 11.5. The molecule has 1 aliphatic rings. The summed E-state index contributed by atoms with van der Waals surface area (Å²) in [6.07, 6.45) is 1.61. The largest absolute Gasteiger partial charge is 0.493 e. The molecule has 2 N–H and O–H groups in total. The van der Waals surface area contributed by atoms with Crippen LogP contribution in [0.5, 0.6) is 11.5 Å². The minimum atomic E-state index is -0.520. The Morgan fingerprint density at radius 1 is 1.15 bits per heavy atom. The second-order valence-electron chi connectivity index (χ2n) is 4.54. The van der Waals surface area contributed by atoms with E-state index in [9.17, 15) is 9.59 Å². The number of carbonyl (C=O) groups excluding carboxylic acids is 2. The molecule has 1 aromatic rings. The molecule has 0 radical (unpaired) electrons. The van der Waals surface area contributed by atoms with Gasteiger partial charge in [-0.3, -0.25) is 10.1 Å². The van der Waals surface area contributed by atoms with Crippen molar-refractivity contribution < 1.29 is 19.1 Å². The number of methoxy groups -OCH3 is 1. The van der Waals surface area contributed by atoms with E-state index in [2.05, 4.69) is 10.6 Å². The summed E-state index contributed by atoms with van der Waals surface area (Å²) in [6, 6.07) is 4.76. The van der Waals surface area contributed by atoms with E-state index < -0.39 is 11.9 Å². The first-order chi connectivity index (χ1) is 9.49. The fraction of sp³-hybridized carbons (Fsp3) is 0.286. The number of urea groups is 1. The summed E-state index contributed by atoms with van der Waals surface area (Å²) in [6.45, 7) is 3.85. The van der Waals surface area contributed by atoms with E-state index in [0.29, 0.717) is 11.5 Å². The Balaban J connectivity index is 2.28. The molecule has 20 heavy (non-hydrogen) atoms. The van der Waals surface area contributed by atoms with Gasteiger partial charge in [-0.2, -0.15) is 0 Å². The van der Waals surface area contributed by atoms with Gasteiger partial charge in [-0.1, -0.05) is 6.07 Å². The third kappa shape index (κ3) is 3.09. The SMILES string of the molecule is COc1cc(C=C2NC(=O)NC2=O)ccc1OC(C)C. The van der Waals surface area contributed by atoms with Crippen molar-refractivity contribution in [2.75, 3.05) is 7.11 Å². The van der Waals surface area contributed by atoms with E-state index in [0.717, 1.165) is 5.56 Å². The molecule has 1 aliphatic heterocycles. The van der Waals surface area contributed by atoms with E-state index >= 15 is 0 Å². The molecule has 0 saturated carbocycles. The minimum absolute atomic E-state index is 0.0352. The van der Waals surface area contributed by atoms with Crippen molar-refractivity contribution in [3.8, 4) is 11.5 Å². The van der Waals surface area contributed by atoms with E-state index in [1.807, 2.05) is 13.8 Å². The summed E-state index contributed by atoms with van der Waals surface area (Å²) >= 11 is 0.